The molecule has 176 valence electrons. The van der Waals surface area contributed by atoms with Crippen LogP contribution in [0, 0.1) is 22.7 Å². The highest BCUT2D eigenvalue weighted by Crippen LogP contribution is 2.39. The van der Waals surface area contributed by atoms with E-state index >= 15 is 0 Å². The summed E-state index contributed by atoms with van der Waals surface area (Å²) in [5.74, 6) is -0.646. The molecule has 0 amide bonds. The summed E-state index contributed by atoms with van der Waals surface area (Å²) in [5, 5.41) is 22.4. The first kappa shape index (κ1) is 23.3. The van der Waals surface area contributed by atoms with Gasteiger partial charge in [0.2, 0.25) is 11.1 Å². The van der Waals surface area contributed by atoms with Gasteiger partial charge in [-0.25, -0.2) is 4.79 Å². The number of hydrazone groups is 1. The highest BCUT2D eigenvalue weighted by atomic mass is 16.5. The van der Waals surface area contributed by atoms with Gasteiger partial charge in [-0.2, -0.15) is 15.6 Å². The molecule has 1 aromatic carbocycles. The van der Waals surface area contributed by atoms with E-state index in [-0.39, 0.29) is 23.9 Å². The number of nitrogens with zero attached hydrogens (tertiary/aromatic N) is 6. The van der Waals surface area contributed by atoms with Gasteiger partial charge in [0.05, 0.1) is 23.5 Å². The number of hydrogen-bond acceptors (Lipinski definition) is 9. The van der Waals surface area contributed by atoms with E-state index in [1.54, 1.807) is 31.3 Å². The third-order valence-electron chi connectivity index (χ3n) is 6.25. The lowest BCUT2D eigenvalue weighted by molar-refractivity contribution is 0.0524. The van der Waals surface area contributed by atoms with Crippen molar-refractivity contribution in [1.29, 1.82) is 10.5 Å². The first-order chi connectivity index (χ1) is 16.5. The third-order valence-corrected chi connectivity index (χ3v) is 6.25. The Kier molecular flexibility index (Phi) is 6.80. The number of benzene rings is 1. The highest BCUT2D eigenvalue weighted by Gasteiger charge is 2.29. The van der Waals surface area contributed by atoms with E-state index in [0.29, 0.717) is 11.1 Å². The van der Waals surface area contributed by atoms with Crippen LogP contribution in [-0.4, -0.2) is 60.5 Å². The minimum atomic E-state index is -0.646. The predicted octanol–water partition coefficient (Wildman–Crippen LogP) is 2.47. The van der Waals surface area contributed by atoms with E-state index in [1.807, 2.05) is 10.6 Å². The zero-order valence-corrected chi connectivity index (χ0v) is 19.4. The summed E-state index contributed by atoms with van der Waals surface area (Å²) in [7, 11) is 0. The molecule has 1 aliphatic carbocycles. The van der Waals surface area contributed by atoms with Gasteiger partial charge in [-0.3, -0.25) is 10.2 Å². The van der Waals surface area contributed by atoms with Crippen LogP contribution in [0.15, 0.2) is 28.2 Å². The summed E-state index contributed by atoms with van der Waals surface area (Å²) in [5.41, 5.74) is 4.15. The van der Waals surface area contributed by atoms with E-state index in [9.17, 15) is 9.59 Å². The van der Waals surface area contributed by atoms with Gasteiger partial charge in [-0.05, 0) is 38.4 Å². The van der Waals surface area contributed by atoms with Gasteiger partial charge in [0, 0.05) is 43.8 Å². The average Bonchev–Trinajstić information content (AvgIpc) is 3.70. The fraction of sp³-hybridized carbons (Fsp3) is 0.458. The van der Waals surface area contributed by atoms with Crippen molar-refractivity contribution >= 4 is 34.0 Å². The number of ether oxygens (including phenoxy) is 1. The maximum absolute atomic E-state index is 13.3. The first-order valence-corrected chi connectivity index (χ1v) is 11.5. The lowest BCUT2D eigenvalue weighted by Gasteiger charge is -2.36. The van der Waals surface area contributed by atoms with E-state index < -0.39 is 11.4 Å². The molecule has 0 radical (unpaired) electrons. The second-order valence-corrected chi connectivity index (χ2v) is 8.33. The molecule has 1 N–H and O–H groups in total. The van der Waals surface area contributed by atoms with Crippen molar-refractivity contribution in [3.05, 3.63) is 34.1 Å². The lowest BCUT2D eigenvalue weighted by atomic mass is 10.1. The SMILES string of the molecule is CCOC(=O)c1cn(C2CC2)c2cc(N3CCN(CC)CC3)c(NN=C(C#N)C#N)cc2c1=O. The number of nitriles is 2. The van der Waals surface area contributed by atoms with Crippen LogP contribution in [0.3, 0.4) is 0 Å². The number of carbonyl (C=O) groups excluding carboxylic acids is 1. The fourth-order valence-corrected chi connectivity index (χ4v) is 4.24. The molecule has 0 spiro atoms. The fourth-order valence-electron chi connectivity index (χ4n) is 4.24. The Balaban J connectivity index is 1.88. The number of pyridine rings is 1. The van der Waals surface area contributed by atoms with Gasteiger partial charge >= 0.3 is 5.97 Å². The molecular weight excluding hydrogens is 434 g/mol. The molecule has 4 rings (SSSR count). The smallest absolute Gasteiger partial charge is 0.343 e. The zero-order chi connectivity index (χ0) is 24.2. The molecule has 0 unspecified atom stereocenters. The minimum Gasteiger partial charge on any atom is -0.462 e. The molecule has 1 aromatic heterocycles. The van der Waals surface area contributed by atoms with Crippen molar-refractivity contribution in [2.45, 2.75) is 32.7 Å². The number of rotatable bonds is 7. The number of fused-ring (bicyclic) bond motifs is 1. The molecule has 2 fully saturated rings. The van der Waals surface area contributed by atoms with E-state index in [0.717, 1.165) is 56.8 Å². The number of esters is 1. The first-order valence-electron chi connectivity index (χ1n) is 11.5. The Labute approximate surface area is 197 Å². The molecular formula is C24H27N7O3. The molecule has 0 atom stereocenters. The summed E-state index contributed by atoms with van der Waals surface area (Å²) in [6.07, 6.45) is 3.57. The molecule has 1 saturated carbocycles. The Morgan fingerprint density at radius 2 is 1.88 bits per heavy atom. The van der Waals surface area contributed by atoms with Gasteiger partial charge in [-0.1, -0.05) is 6.92 Å². The molecule has 34 heavy (non-hydrogen) atoms. The Bertz CT molecular complexity index is 1260. The topological polar surface area (TPSA) is 127 Å². The quantitative estimate of drug-likeness (QED) is 0.378. The number of piperazine rings is 1. The summed E-state index contributed by atoms with van der Waals surface area (Å²) in [6, 6.07) is 7.30. The zero-order valence-electron chi connectivity index (χ0n) is 19.4. The molecule has 2 heterocycles. The van der Waals surface area contributed by atoms with Crippen LogP contribution >= 0.6 is 0 Å². The summed E-state index contributed by atoms with van der Waals surface area (Å²) in [6.45, 7) is 8.36. The van der Waals surface area contributed by atoms with Gasteiger partial charge in [0.25, 0.3) is 0 Å². The largest absolute Gasteiger partial charge is 0.462 e. The number of likely N-dealkylation sites (N-methyl/N-ethyl adjacent to an activating group) is 1. The lowest BCUT2D eigenvalue weighted by Crippen LogP contribution is -2.46. The van der Waals surface area contributed by atoms with Gasteiger partial charge < -0.3 is 19.1 Å². The number of aromatic nitrogens is 1. The van der Waals surface area contributed by atoms with E-state index in [4.69, 9.17) is 15.3 Å². The summed E-state index contributed by atoms with van der Waals surface area (Å²) >= 11 is 0. The van der Waals surface area contributed by atoms with Crippen molar-refractivity contribution in [2.24, 2.45) is 5.10 Å². The molecule has 2 aromatic rings. The maximum Gasteiger partial charge on any atom is 0.343 e. The summed E-state index contributed by atoms with van der Waals surface area (Å²) in [4.78, 5) is 30.4. The maximum atomic E-state index is 13.3. The summed E-state index contributed by atoms with van der Waals surface area (Å²) < 4.78 is 7.11. The van der Waals surface area contributed by atoms with Crippen LogP contribution in [0.4, 0.5) is 11.4 Å². The molecule has 10 heteroatoms. The number of anilines is 2. The van der Waals surface area contributed by atoms with Gasteiger partial charge in [-0.15, -0.1) is 0 Å². The molecule has 10 nitrogen and oxygen atoms in total. The van der Waals surface area contributed by atoms with Crippen LogP contribution in [0.25, 0.3) is 10.9 Å². The van der Waals surface area contributed by atoms with Crippen LogP contribution in [0.5, 0.6) is 0 Å². The Morgan fingerprint density at radius 3 is 2.47 bits per heavy atom. The third kappa shape index (κ3) is 4.59. The van der Waals surface area contributed by atoms with E-state index in [1.165, 1.54) is 0 Å². The molecule has 0 bridgehead atoms. The second kappa shape index (κ2) is 9.94. The van der Waals surface area contributed by atoms with Gasteiger partial charge in [0.1, 0.15) is 17.7 Å². The number of hydrogen-bond donors (Lipinski definition) is 1. The van der Waals surface area contributed by atoms with Crippen molar-refractivity contribution in [1.82, 2.24) is 9.47 Å². The van der Waals surface area contributed by atoms with Crippen LogP contribution in [0.1, 0.15) is 43.1 Å². The number of nitrogens with one attached hydrogen (secondary N) is 1. The Hall–Kier alpha value is -3.89. The predicted molar refractivity (Wildman–Crippen MR) is 129 cm³/mol. The van der Waals surface area contributed by atoms with Crippen LogP contribution < -0.4 is 15.8 Å². The van der Waals surface area contributed by atoms with Crippen LogP contribution in [-0.2, 0) is 4.74 Å². The Morgan fingerprint density at radius 1 is 1.18 bits per heavy atom. The average molecular weight is 462 g/mol. The normalized spacial score (nSPS) is 15.9. The molecule has 1 aliphatic heterocycles. The standard InChI is InChI=1S/C24H27N7O3/c1-3-29-7-9-30(10-8-29)22-12-21-18(11-20(22)28-27-16(13-25)14-26)23(32)19(24(33)34-4-2)15-31(21)17-5-6-17/h11-12,15,17,28H,3-10H2,1-2H3. The van der Waals surface area contributed by atoms with Crippen molar-refractivity contribution in [3.63, 3.8) is 0 Å². The van der Waals surface area contributed by atoms with Crippen LogP contribution in [0.2, 0.25) is 0 Å². The molecule has 1 saturated heterocycles. The van der Waals surface area contributed by atoms with Crippen molar-refractivity contribution in [3.8, 4) is 12.1 Å². The highest BCUT2D eigenvalue weighted by molar-refractivity contribution is 6.10. The van der Waals surface area contributed by atoms with Gasteiger partial charge in [0.15, 0.2) is 0 Å². The van der Waals surface area contributed by atoms with E-state index in [2.05, 4.69) is 27.3 Å². The van der Waals surface area contributed by atoms with Crippen molar-refractivity contribution < 1.29 is 9.53 Å². The monoisotopic (exact) mass is 461 g/mol. The minimum absolute atomic E-state index is 0.00486. The second-order valence-electron chi connectivity index (χ2n) is 8.33. The van der Waals surface area contributed by atoms with Crippen molar-refractivity contribution in [2.75, 3.05) is 49.7 Å². The molecule has 2 aliphatic rings. The number of carbonyl (C=O) groups is 1.